The first-order valence-corrected chi connectivity index (χ1v) is 9.47. The van der Waals surface area contributed by atoms with E-state index >= 15 is 0 Å². The van der Waals surface area contributed by atoms with Crippen LogP contribution in [0.2, 0.25) is 5.02 Å². The summed E-state index contributed by atoms with van der Waals surface area (Å²) in [5, 5.41) is 6.41. The van der Waals surface area contributed by atoms with Crippen molar-refractivity contribution in [3.05, 3.63) is 95.3 Å². The normalized spacial score (nSPS) is 11.4. The summed E-state index contributed by atoms with van der Waals surface area (Å²) in [7, 11) is 0. The van der Waals surface area contributed by atoms with Crippen LogP contribution < -0.4 is 5.32 Å². The largest absolute Gasteiger partial charge is 0.435 e. The summed E-state index contributed by atoms with van der Waals surface area (Å²) < 4.78 is 41.1. The van der Waals surface area contributed by atoms with Crippen LogP contribution in [-0.2, 0) is 6.18 Å². The smallest absolute Gasteiger partial charge is 0.321 e. The topological polar surface area (TPSA) is 59.8 Å². The Hall–Kier alpha value is -3.65. The molecule has 1 N–H and O–H groups in total. The first-order valence-electron chi connectivity index (χ1n) is 9.09. The summed E-state index contributed by atoms with van der Waals surface area (Å²) in [6.45, 7) is 0. The van der Waals surface area contributed by atoms with Gasteiger partial charge in [0.2, 0.25) is 0 Å². The molecular weight excluding hydrogens is 429 g/mol. The van der Waals surface area contributed by atoms with Gasteiger partial charge in [-0.15, -0.1) is 0 Å². The molecule has 0 aliphatic carbocycles. The summed E-state index contributed by atoms with van der Waals surface area (Å²) in [6.07, 6.45) is -4.64. The van der Waals surface area contributed by atoms with Gasteiger partial charge in [-0.2, -0.15) is 18.3 Å². The number of halogens is 4. The number of nitrogens with zero attached hydrogens (tertiary/aromatic N) is 3. The van der Waals surface area contributed by atoms with Crippen LogP contribution in [0.4, 0.5) is 18.9 Å². The van der Waals surface area contributed by atoms with Crippen LogP contribution in [0.1, 0.15) is 16.2 Å². The molecule has 4 rings (SSSR count). The number of amides is 1. The third-order valence-electron chi connectivity index (χ3n) is 4.36. The molecule has 31 heavy (non-hydrogen) atoms. The van der Waals surface area contributed by atoms with Crippen molar-refractivity contribution in [2.24, 2.45) is 0 Å². The number of hydrogen-bond acceptors (Lipinski definition) is 3. The van der Waals surface area contributed by atoms with E-state index in [1.807, 2.05) is 0 Å². The zero-order chi connectivity index (χ0) is 22.0. The van der Waals surface area contributed by atoms with Crippen molar-refractivity contribution >= 4 is 23.2 Å². The molecule has 156 valence electrons. The third-order valence-corrected chi connectivity index (χ3v) is 4.67. The molecule has 0 saturated heterocycles. The third kappa shape index (κ3) is 4.44. The highest BCUT2D eigenvalue weighted by Crippen LogP contribution is 2.33. The fourth-order valence-electron chi connectivity index (χ4n) is 2.93. The van der Waals surface area contributed by atoms with E-state index in [2.05, 4.69) is 15.4 Å². The molecule has 0 bridgehead atoms. The monoisotopic (exact) mass is 442 g/mol. The molecule has 0 aliphatic rings. The second kappa shape index (κ2) is 8.23. The molecule has 0 unspecified atom stereocenters. The summed E-state index contributed by atoms with van der Waals surface area (Å²) in [4.78, 5) is 16.9. The predicted molar refractivity (Wildman–Crippen MR) is 111 cm³/mol. The van der Waals surface area contributed by atoms with Crippen molar-refractivity contribution < 1.29 is 18.0 Å². The number of carbonyl (C=O) groups is 1. The Bertz CT molecular complexity index is 1220. The molecule has 0 fully saturated rings. The predicted octanol–water partition coefficient (Wildman–Crippen LogP) is 5.86. The van der Waals surface area contributed by atoms with Gasteiger partial charge < -0.3 is 5.32 Å². The molecular formula is C22H14ClF3N4O. The second-order valence-electron chi connectivity index (χ2n) is 6.51. The molecule has 2 aromatic heterocycles. The number of aromatic nitrogens is 3. The van der Waals surface area contributed by atoms with E-state index < -0.39 is 17.8 Å². The van der Waals surface area contributed by atoms with Gasteiger partial charge in [-0.1, -0.05) is 60.1 Å². The lowest BCUT2D eigenvalue weighted by atomic mass is 10.1. The zero-order valence-electron chi connectivity index (χ0n) is 15.8. The Balaban J connectivity index is 1.79. The Morgan fingerprint density at radius 2 is 1.58 bits per heavy atom. The number of anilines is 1. The fraction of sp³-hybridized carbons (Fsp3) is 0.0455. The molecule has 1 amide bonds. The first-order chi connectivity index (χ1) is 14.8. The van der Waals surface area contributed by atoms with Crippen molar-refractivity contribution in [1.29, 1.82) is 0 Å². The van der Waals surface area contributed by atoms with Gasteiger partial charge in [0.15, 0.2) is 11.5 Å². The van der Waals surface area contributed by atoms with Gasteiger partial charge in [-0.3, -0.25) is 4.79 Å². The minimum absolute atomic E-state index is 0.0250. The Labute approximate surface area is 180 Å². The van der Waals surface area contributed by atoms with E-state index in [1.165, 1.54) is 12.1 Å². The standard InChI is InChI=1S/C22H14ClF3N4O/c23-16-11-12-19(28-20(16)21(31)27-15-9-5-2-6-10-15)30-17(14-7-3-1-4-8-14)13-18(29-30)22(24,25)26/h1-13H,(H,27,31). The van der Waals surface area contributed by atoms with Crippen molar-refractivity contribution in [2.45, 2.75) is 6.18 Å². The number of hydrogen-bond donors (Lipinski definition) is 1. The van der Waals surface area contributed by atoms with Crippen LogP contribution in [0.3, 0.4) is 0 Å². The lowest BCUT2D eigenvalue weighted by Crippen LogP contribution is -2.16. The molecule has 9 heteroatoms. The molecule has 0 spiro atoms. The van der Waals surface area contributed by atoms with E-state index in [1.54, 1.807) is 60.7 Å². The van der Waals surface area contributed by atoms with Crippen molar-refractivity contribution in [2.75, 3.05) is 5.32 Å². The summed E-state index contributed by atoms with van der Waals surface area (Å²) >= 11 is 6.15. The Kier molecular flexibility index (Phi) is 5.48. The highest BCUT2D eigenvalue weighted by molar-refractivity contribution is 6.34. The number of rotatable bonds is 4. The molecule has 5 nitrogen and oxygen atoms in total. The maximum absolute atomic E-state index is 13.3. The molecule has 4 aromatic rings. The number of alkyl halides is 3. The lowest BCUT2D eigenvalue weighted by molar-refractivity contribution is -0.141. The van der Waals surface area contributed by atoms with Gasteiger partial charge in [0, 0.05) is 11.3 Å². The van der Waals surface area contributed by atoms with Gasteiger partial charge >= 0.3 is 6.18 Å². The molecule has 0 aliphatic heterocycles. The molecule has 2 heterocycles. The summed E-state index contributed by atoms with van der Waals surface area (Å²) in [5.41, 5.74) is 0.0124. The lowest BCUT2D eigenvalue weighted by Gasteiger charge is -2.10. The minimum atomic E-state index is -4.64. The first kappa shape index (κ1) is 20.6. The van der Waals surface area contributed by atoms with E-state index in [4.69, 9.17) is 11.6 Å². The van der Waals surface area contributed by atoms with Gasteiger partial charge in [0.1, 0.15) is 5.69 Å². The minimum Gasteiger partial charge on any atom is -0.321 e. The fourth-order valence-corrected chi connectivity index (χ4v) is 3.12. The summed E-state index contributed by atoms with van der Waals surface area (Å²) in [6, 6.07) is 20.9. The Morgan fingerprint density at radius 3 is 2.23 bits per heavy atom. The molecule has 0 saturated carbocycles. The average Bonchev–Trinajstić information content (AvgIpc) is 3.21. The highest BCUT2D eigenvalue weighted by Gasteiger charge is 2.35. The zero-order valence-corrected chi connectivity index (χ0v) is 16.5. The van der Waals surface area contributed by atoms with Crippen LogP contribution in [-0.4, -0.2) is 20.7 Å². The molecule has 0 radical (unpaired) electrons. The Morgan fingerprint density at radius 1 is 0.935 bits per heavy atom. The van der Waals surface area contributed by atoms with E-state index in [-0.39, 0.29) is 22.2 Å². The van der Waals surface area contributed by atoms with E-state index in [0.29, 0.717) is 11.3 Å². The van der Waals surface area contributed by atoms with E-state index in [9.17, 15) is 18.0 Å². The maximum Gasteiger partial charge on any atom is 0.435 e. The number of pyridine rings is 1. The summed E-state index contributed by atoms with van der Waals surface area (Å²) in [5.74, 6) is -0.570. The molecule has 0 atom stereocenters. The molecule has 2 aromatic carbocycles. The average molecular weight is 443 g/mol. The number of para-hydroxylation sites is 1. The van der Waals surface area contributed by atoms with Gasteiger partial charge in [-0.25, -0.2) is 9.67 Å². The number of benzene rings is 2. The van der Waals surface area contributed by atoms with Crippen LogP contribution in [0.25, 0.3) is 17.1 Å². The maximum atomic E-state index is 13.3. The van der Waals surface area contributed by atoms with Crippen LogP contribution in [0, 0.1) is 0 Å². The highest BCUT2D eigenvalue weighted by atomic mass is 35.5. The number of carbonyl (C=O) groups excluding carboxylic acids is 1. The van der Waals surface area contributed by atoms with Crippen LogP contribution >= 0.6 is 11.6 Å². The quantitative estimate of drug-likeness (QED) is 0.430. The van der Waals surface area contributed by atoms with Crippen molar-refractivity contribution in [3.8, 4) is 17.1 Å². The second-order valence-corrected chi connectivity index (χ2v) is 6.92. The SMILES string of the molecule is O=C(Nc1ccccc1)c1nc(-n2nc(C(F)(F)F)cc2-c2ccccc2)ccc1Cl. The van der Waals surface area contributed by atoms with E-state index in [0.717, 1.165) is 10.7 Å². The van der Waals surface area contributed by atoms with Gasteiger partial charge in [0.05, 0.1) is 10.7 Å². The number of nitrogens with one attached hydrogen (secondary N) is 1. The van der Waals surface area contributed by atoms with Gasteiger partial charge in [-0.05, 0) is 30.3 Å². The van der Waals surface area contributed by atoms with Gasteiger partial charge in [0.25, 0.3) is 5.91 Å². The van der Waals surface area contributed by atoms with Crippen LogP contribution in [0.5, 0.6) is 0 Å². The van der Waals surface area contributed by atoms with Crippen LogP contribution in [0.15, 0.2) is 78.9 Å². The van der Waals surface area contributed by atoms with Crippen molar-refractivity contribution in [3.63, 3.8) is 0 Å². The van der Waals surface area contributed by atoms with Crippen molar-refractivity contribution in [1.82, 2.24) is 14.8 Å².